The zero-order chi connectivity index (χ0) is 23.8. The van der Waals surface area contributed by atoms with Gasteiger partial charge < -0.3 is 4.74 Å². The second-order valence-corrected chi connectivity index (χ2v) is 9.02. The average Bonchev–Trinajstić information content (AvgIpc) is 3.35. The van der Waals surface area contributed by atoms with Gasteiger partial charge in [0.05, 0.1) is 24.0 Å². The number of hydroxylamine groups is 1. The number of hydrogen-bond acceptors (Lipinski definition) is 5. The molecule has 34 heavy (non-hydrogen) atoms. The van der Waals surface area contributed by atoms with E-state index >= 15 is 0 Å². The van der Waals surface area contributed by atoms with E-state index in [1.807, 2.05) is 37.3 Å². The lowest BCUT2D eigenvalue weighted by Crippen LogP contribution is -2.37. The monoisotopic (exact) mass is 496 g/mol. The van der Waals surface area contributed by atoms with Crippen molar-refractivity contribution >= 4 is 46.4 Å². The van der Waals surface area contributed by atoms with Gasteiger partial charge in [-0.05, 0) is 60.5 Å². The number of ether oxygens (including phenoxy) is 1. The summed E-state index contributed by atoms with van der Waals surface area (Å²) in [6, 6.07) is 20.8. The van der Waals surface area contributed by atoms with Gasteiger partial charge in [-0.25, -0.2) is 9.96 Å². The molecule has 0 saturated carbocycles. The Morgan fingerprint density at radius 2 is 1.65 bits per heavy atom. The topological polar surface area (TPSA) is 59.1 Å². The number of halogens is 2. The summed E-state index contributed by atoms with van der Waals surface area (Å²) in [5.41, 5.74) is 1.86. The van der Waals surface area contributed by atoms with Gasteiger partial charge in [0.2, 0.25) is 5.91 Å². The molecule has 0 aliphatic carbocycles. The van der Waals surface area contributed by atoms with Crippen LogP contribution < -0.4 is 14.7 Å². The first-order chi connectivity index (χ1) is 16.5. The van der Waals surface area contributed by atoms with Gasteiger partial charge in [-0.3, -0.25) is 14.4 Å². The van der Waals surface area contributed by atoms with Crippen LogP contribution in [0.25, 0.3) is 0 Å². The predicted octanol–water partition coefficient (Wildman–Crippen LogP) is 5.83. The first-order valence-corrected chi connectivity index (χ1v) is 11.8. The number of fused-ring (bicyclic) bond motifs is 1. The number of rotatable bonds is 6. The third-order valence-electron chi connectivity index (χ3n) is 5.98. The van der Waals surface area contributed by atoms with Gasteiger partial charge in [0.1, 0.15) is 11.7 Å². The van der Waals surface area contributed by atoms with E-state index in [2.05, 4.69) is 0 Å². The maximum atomic E-state index is 13.7. The van der Waals surface area contributed by atoms with Crippen LogP contribution in [0.2, 0.25) is 10.0 Å². The summed E-state index contributed by atoms with van der Waals surface area (Å²) in [5, 5.41) is 2.49. The molecule has 8 heteroatoms. The highest BCUT2D eigenvalue weighted by Crippen LogP contribution is 2.49. The highest BCUT2D eigenvalue weighted by atomic mass is 35.5. The van der Waals surface area contributed by atoms with Crippen LogP contribution in [0.3, 0.4) is 0 Å². The normalized spacial score (nSPS) is 21.8. The third kappa shape index (κ3) is 3.92. The summed E-state index contributed by atoms with van der Waals surface area (Å²) in [4.78, 5) is 34.4. The molecular formula is C26H22Cl2N2O4. The fourth-order valence-corrected chi connectivity index (χ4v) is 4.96. The molecule has 0 unspecified atom stereocenters. The number of carbonyl (C=O) groups excluding carboxylic acids is 2. The van der Waals surface area contributed by atoms with E-state index in [1.165, 1.54) is 4.90 Å². The molecule has 3 aromatic carbocycles. The van der Waals surface area contributed by atoms with Gasteiger partial charge in [0.25, 0.3) is 5.91 Å². The molecule has 0 radical (unpaired) electrons. The van der Waals surface area contributed by atoms with Crippen LogP contribution in [-0.2, 0) is 14.4 Å². The lowest BCUT2D eigenvalue weighted by molar-refractivity contribution is -0.126. The zero-order valence-electron chi connectivity index (χ0n) is 18.4. The molecule has 0 aromatic heterocycles. The zero-order valence-corrected chi connectivity index (χ0v) is 19.9. The Morgan fingerprint density at radius 3 is 2.32 bits per heavy atom. The number of amides is 2. The second-order valence-electron chi connectivity index (χ2n) is 8.18. The summed E-state index contributed by atoms with van der Waals surface area (Å²) in [5.74, 6) is -0.845. The molecule has 6 nitrogen and oxygen atoms in total. The number of imide groups is 1. The van der Waals surface area contributed by atoms with E-state index in [1.54, 1.807) is 47.5 Å². The highest BCUT2D eigenvalue weighted by molar-refractivity contribution is 6.35. The van der Waals surface area contributed by atoms with Crippen LogP contribution in [0.4, 0.5) is 11.4 Å². The Hall–Kier alpha value is -3.06. The van der Waals surface area contributed by atoms with Crippen molar-refractivity contribution in [1.29, 1.82) is 0 Å². The minimum absolute atomic E-state index is 0.341. The van der Waals surface area contributed by atoms with Crippen molar-refractivity contribution in [2.75, 3.05) is 16.6 Å². The first-order valence-electron chi connectivity index (χ1n) is 11.1. The fourth-order valence-electron chi connectivity index (χ4n) is 4.44. The number of nitrogens with zero attached hydrogens (tertiary/aromatic N) is 2. The largest absolute Gasteiger partial charge is 0.494 e. The van der Waals surface area contributed by atoms with Crippen LogP contribution in [0.15, 0.2) is 72.8 Å². The minimum Gasteiger partial charge on any atom is -0.494 e. The number of benzene rings is 3. The number of carbonyl (C=O) groups is 2. The molecular weight excluding hydrogens is 475 g/mol. The summed E-state index contributed by atoms with van der Waals surface area (Å²) in [7, 11) is 0. The van der Waals surface area contributed by atoms with Crippen LogP contribution >= 0.6 is 23.2 Å². The lowest BCUT2D eigenvalue weighted by atomic mass is 9.90. The Balaban J connectivity index is 1.52. The van der Waals surface area contributed by atoms with E-state index in [-0.39, 0.29) is 5.91 Å². The molecule has 2 aliphatic rings. The van der Waals surface area contributed by atoms with Gasteiger partial charge >= 0.3 is 0 Å². The Bertz CT molecular complexity index is 1220. The molecule has 3 aromatic rings. The van der Waals surface area contributed by atoms with Crippen LogP contribution in [0.5, 0.6) is 5.75 Å². The van der Waals surface area contributed by atoms with E-state index in [0.29, 0.717) is 33.7 Å². The predicted molar refractivity (Wildman–Crippen MR) is 131 cm³/mol. The molecule has 0 bridgehead atoms. The maximum Gasteiger partial charge on any atom is 0.266 e. The Kier molecular flexibility index (Phi) is 6.21. The van der Waals surface area contributed by atoms with Gasteiger partial charge in [0.15, 0.2) is 6.10 Å². The van der Waals surface area contributed by atoms with Gasteiger partial charge in [-0.2, -0.15) is 0 Å². The first kappa shape index (κ1) is 22.7. The van der Waals surface area contributed by atoms with Crippen molar-refractivity contribution in [2.24, 2.45) is 5.92 Å². The average molecular weight is 497 g/mol. The van der Waals surface area contributed by atoms with Crippen molar-refractivity contribution in [3.63, 3.8) is 0 Å². The van der Waals surface area contributed by atoms with Gasteiger partial charge in [-0.1, -0.05) is 54.4 Å². The van der Waals surface area contributed by atoms with Crippen molar-refractivity contribution in [1.82, 2.24) is 0 Å². The third-order valence-corrected chi connectivity index (χ3v) is 6.54. The molecule has 3 atom stereocenters. The van der Waals surface area contributed by atoms with Crippen LogP contribution in [0.1, 0.15) is 24.9 Å². The quantitative estimate of drug-likeness (QED) is 0.401. The SMILES string of the molecule is CCCOc1ccc(N2C(=O)[C@@H]3[C@@H](c4ccc(Cl)cc4Cl)N(c4ccccc4)O[C@H]3C2=O)cc1. The summed E-state index contributed by atoms with van der Waals surface area (Å²) >= 11 is 12.7. The summed E-state index contributed by atoms with van der Waals surface area (Å²) in [6.45, 7) is 2.62. The van der Waals surface area contributed by atoms with Gasteiger partial charge in [0, 0.05) is 10.0 Å². The van der Waals surface area contributed by atoms with Gasteiger partial charge in [-0.15, -0.1) is 0 Å². The van der Waals surface area contributed by atoms with Crippen LogP contribution in [0, 0.1) is 5.92 Å². The van der Waals surface area contributed by atoms with Crippen molar-refractivity contribution in [2.45, 2.75) is 25.5 Å². The fraction of sp³-hybridized carbons (Fsp3) is 0.231. The molecule has 2 saturated heterocycles. The van der Waals surface area contributed by atoms with Crippen LogP contribution in [-0.4, -0.2) is 24.5 Å². The van der Waals surface area contributed by atoms with Crippen molar-refractivity contribution in [3.8, 4) is 5.75 Å². The Labute approximate surface area is 207 Å². The van der Waals surface area contributed by atoms with E-state index < -0.39 is 24.0 Å². The highest BCUT2D eigenvalue weighted by Gasteiger charge is 2.60. The minimum atomic E-state index is -0.972. The van der Waals surface area contributed by atoms with Crippen molar-refractivity contribution < 1.29 is 19.2 Å². The summed E-state index contributed by atoms with van der Waals surface area (Å²) in [6.07, 6.45) is -0.0848. The maximum absolute atomic E-state index is 13.7. The summed E-state index contributed by atoms with van der Waals surface area (Å²) < 4.78 is 5.62. The van der Waals surface area contributed by atoms with E-state index in [4.69, 9.17) is 32.8 Å². The number of para-hydroxylation sites is 1. The molecule has 2 fully saturated rings. The molecule has 2 amide bonds. The number of hydrogen-bond donors (Lipinski definition) is 0. The lowest BCUT2D eigenvalue weighted by Gasteiger charge is -2.29. The van der Waals surface area contributed by atoms with E-state index in [0.717, 1.165) is 12.1 Å². The molecule has 174 valence electrons. The molecule has 2 heterocycles. The second kappa shape index (κ2) is 9.29. The molecule has 2 aliphatic heterocycles. The molecule has 0 spiro atoms. The molecule has 0 N–H and O–H groups in total. The Morgan fingerprint density at radius 1 is 0.912 bits per heavy atom. The van der Waals surface area contributed by atoms with E-state index in [9.17, 15) is 9.59 Å². The smallest absolute Gasteiger partial charge is 0.266 e. The molecule has 5 rings (SSSR count). The van der Waals surface area contributed by atoms with Crippen molar-refractivity contribution in [3.05, 3.63) is 88.4 Å². The number of anilines is 2. The standard InChI is InChI=1S/C26H22Cl2N2O4/c1-2-14-33-19-11-9-17(10-12-19)29-25(31)22-23(20-13-8-16(27)15-21(20)28)30(34-24(22)26(29)32)18-6-4-3-5-7-18/h3-13,15,22-24H,2,14H2,1H3/t22-,23-,24-/m1/s1.